The zero-order valence-electron chi connectivity index (χ0n) is 15.0. The highest BCUT2D eigenvalue weighted by atomic mass is 35.5. The summed E-state index contributed by atoms with van der Waals surface area (Å²) in [7, 11) is 0. The maximum Gasteiger partial charge on any atom is 0.317 e. The van der Waals surface area contributed by atoms with Crippen LogP contribution in [0.3, 0.4) is 0 Å². The van der Waals surface area contributed by atoms with Crippen molar-refractivity contribution in [2.75, 3.05) is 19.7 Å². The summed E-state index contributed by atoms with van der Waals surface area (Å²) in [6.07, 6.45) is 1.72. The Hall–Kier alpha value is -1.63. The molecule has 0 spiro atoms. The lowest BCUT2D eigenvalue weighted by atomic mass is 9.98. The van der Waals surface area contributed by atoms with Gasteiger partial charge in [-0.25, -0.2) is 9.78 Å². The van der Waals surface area contributed by atoms with Crippen molar-refractivity contribution in [3.63, 3.8) is 0 Å². The third-order valence-electron chi connectivity index (χ3n) is 4.82. The minimum atomic E-state index is -0.100. The number of nitrogens with one attached hydrogen (secondary N) is 1. The summed E-state index contributed by atoms with van der Waals surface area (Å²) in [4.78, 5) is 20.1. The number of thiazole rings is 1. The Balaban J connectivity index is 1.65. The fourth-order valence-electron chi connectivity index (χ4n) is 3.19. The van der Waals surface area contributed by atoms with Crippen LogP contribution in [-0.4, -0.2) is 40.7 Å². The number of urea groups is 1. The van der Waals surface area contributed by atoms with Crippen molar-refractivity contribution < 1.29 is 9.90 Å². The number of amides is 2. The van der Waals surface area contributed by atoms with Gasteiger partial charge in [0, 0.05) is 30.3 Å². The molecule has 1 aromatic carbocycles. The topological polar surface area (TPSA) is 65.5 Å². The monoisotopic (exact) mass is 393 g/mol. The molecule has 2 amide bonds. The number of rotatable bonds is 4. The van der Waals surface area contributed by atoms with Crippen molar-refractivity contribution in [2.24, 2.45) is 5.92 Å². The average molecular weight is 394 g/mol. The number of aliphatic hydroxyl groups excluding tert-OH is 1. The van der Waals surface area contributed by atoms with Crippen molar-refractivity contribution in [1.29, 1.82) is 0 Å². The van der Waals surface area contributed by atoms with E-state index in [1.165, 1.54) is 0 Å². The largest absolute Gasteiger partial charge is 0.396 e. The molecule has 0 saturated carbocycles. The SMILES string of the molecule is Cc1nc(-c2ccc(Cl)cc2)sc1C(C)NC(=O)N1CCC(CO)CC1. The van der Waals surface area contributed by atoms with Gasteiger partial charge < -0.3 is 15.3 Å². The Morgan fingerprint density at radius 1 is 1.38 bits per heavy atom. The molecule has 1 atom stereocenters. The molecule has 1 saturated heterocycles. The Morgan fingerprint density at radius 3 is 2.65 bits per heavy atom. The highest BCUT2D eigenvalue weighted by Gasteiger charge is 2.24. The van der Waals surface area contributed by atoms with Crippen LogP contribution in [0.2, 0.25) is 5.02 Å². The number of carbonyl (C=O) groups excluding carboxylic acids is 1. The second kappa shape index (κ2) is 8.37. The molecule has 3 rings (SSSR count). The third kappa shape index (κ3) is 4.37. The Kier molecular flexibility index (Phi) is 6.16. The van der Waals surface area contributed by atoms with E-state index in [0.717, 1.165) is 34.0 Å². The first-order valence-electron chi connectivity index (χ1n) is 8.87. The minimum Gasteiger partial charge on any atom is -0.396 e. The van der Waals surface area contributed by atoms with Crippen LogP contribution in [0, 0.1) is 12.8 Å². The summed E-state index contributed by atoms with van der Waals surface area (Å²) < 4.78 is 0. The molecule has 2 aromatic rings. The van der Waals surface area contributed by atoms with Crippen molar-refractivity contribution in [3.05, 3.63) is 39.9 Å². The van der Waals surface area contributed by atoms with Crippen molar-refractivity contribution in [2.45, 2.75) is 32.7 Å². The molecule has 26 heavy (non-hydrogen) atoms. The van der Waals surface area contributed by atoms with E-state index in [1.807, 2.05) is 43.0 Å². The number of benzene rings is 1. The zero-order chi connectivity index (χ0) is 18.7. The summed E-state index contributed by atoms with van der Waals surface area (Å²) in [5, 5.41) is 13.9. The van der Waals surface area contributed by atoms with Crippen LogP contribution < -0.4 is 5.32 Å². The standard InChI is InChI=1S/C19H24ClN3O2S/c1-12-17(26-18(21-12)15-3-5-16(20)6-4-15)13(2)22-19(25)23-9-7-14(11-24)8-10-23/h3-6,13-14,24H,7-11H2,1-2H3,(H,22,25). The summed E-state index contributed by atoms with van der Waals surface area (Å²) in [6.45, 7) is 5.56. The summed E-state index contributed by atoms with van der Waals surface area (Å²) >= 11 is 7.55. The Labute approximate surface area is 163 Å². The number of aliphatic hydroxyl groups is 1. The summed E-state index contributed by atoms with van der Waals surface area (Å²) in [5.74, 6) is 0.321. The lowest BCUT2D eigenvalue weighted by Crippen LogP contribution is -2.45. The van der Waals surface area contributed by atoms with Crippen molar-refractivity contribution >= 4 is 29.0 Å². The van der Waals surface area contributed by atoms with Crippen molar-refractivity contribution in [1.82, 2.24) is 15.2 Å². The first-order valence-corrected chi connectivity index (χ1v) is 10.1. The van der Waals surface area contributed by atoms with E-state index in [1.54, 1.807) is 11.3 Å². The van der Waals surface area contributed by atoms with Crippen LogP contribution in [0.4, 0.5) is 4.79 Å². The molecule has 5 nitrogen and oxygen atoms in total. The molecule has 1 fully saturated rings. The highest BCUT2D eigenvalue weighted by Crippen LogP contribution is 2.32. The first kappa shape index (κ1) is 19.1. The first-order chi connectivity index (χ1) is 12.5. The molecule has 0 aliphatic carbocycles. The molecule has 0 bridgehead atoms. The van der Waals surface area contributed by atoms with E-state index in [4.69, 9.17) is 11.6 Å². The normalized spacial score (nSPS) is 16.5. The molecule has 2 heterocycles. The molecule has 1 aliphatic heterocycles. The second-order valence-corrected chi connectivity index (χ2v) is 8.23. The Bertz CT molecular complexity index is 755. The quantitative estimate of drug-likeness (QED) is 0.816. The predicted molar refractivity (Wildman–Crippen MR) is 106 cm³/mol. The molecule has 1 unspecified atom stereocenters. The highest BCUT2D eigenvalue weighted by molar-refractivity contribution is 7.15. The smallest absolute Gasteiger partial charge is 0.317 e. The van der Waals surface area contributed by atoms with Gasteiger partial charge in [-0.2, -0.15) is 0 Å². The van der Waals surface area contributed by atoms with E-state index in [0.29, 0.717) is 24.0 Å². The Morgan fingerprint density at radius 2 is 2.04 bits per heavy atom. The van der Waals surface area contributed by atoms with Gasteiger partial charge >= 0.3 is 6.03 Å². The lowest BCUT2D eigenvalue weighted by molar-refractivity contribution is 0.136. The molecular formula is C19H24ClN3O2S. The van der Waals surface area contributed by atoms with Crippen LogP contribution in [0.15, 0.2) is 24.3 Å². The fourth-order valence-corrected chi connectivity index (χ4v) is 4.39. The minimum absolute atomic E-state index is 0.0465. The van der Waals surface area contributed by atoms with Gasteiger partial charge in [0.1, 0.15) is 5.01 Å². The van der Waals surface area contributed by atoms with Gasteiger partial charge in [0.15, 0.2) is 0 Å². The molecule has 0 radical (unpaired) electrons. The van der Waals surface area contributed by atoms with Gasteiger partial charge in [0.05, 0.1) is 16.6 Å². The fraction of sp³-hybridized carbons (Fsp3) is 0.474. The van der Waals surface area contributed by atoms with Gasteiger partial charge in [-0.3, -0.25) is 0 Å². The third-order valence-corrected chi connectivity index (χ3v) is 6.46. The number of aryl methyl sites for hydroxylation is 1. The molecular weight excluding hydrogens is 370 g/mol. The maximum atomic E-state index is 12.5. The van der Waals surface area contributed by atoms with Gasteiger partial charge in [-0.1, -0.05) is 23.7 Å². The van der Waals surface area contributed by atoms with Crippen molar-refractivity contribution in [3.8, 4) is 10.6 Å². The molecule has 2 N–H and O–H groups in total. The van der Waals surface area contributed by atoms with Crippen LogP contribution >= 0.6 is 22.9 Å². The number of carbonyl (C=O) groups is 1. The zero-order valence-corrected chi connectivity index (χ0v) is 16.6. The van der Waals surface area contributed by atoms with Gasteiger partial charge in [0.25, 0.3) is 0 Å². The van der Waals surface area contributed by atoms with Gasteiger partial charge in [-0.15, -0.1) is 11.3 Å². The van der Waals surface area contributed by atoms with Gasteiger partial charge in [-0.05, 0) is 44.7 Å². The predicted octanol–water partition coefficient (Wildman–Crippen LogP) is 4.25. The van der Waals surface area contributed by atoms with Crippen LogP contribution in [-0.2, 0) is 0 Å². The van der Waals surface area contributed by atoms with E-state index < -0.39 is 0 Å². The van der Waals surface area contributed by atoms with E-state index in [2.05, 4.69) is 10.3 Å². The average Bonchev–Trinajstić information content (AvgIpc) is 3.04. The van der Waals surface area contributed by atoms with Crippen LogP contribution in [0.25, 0.3) is 10.6 Å². The van der Waals surface area contributed by atoms with E-state index in [9.17, 15) is 9.90 Å². The second-order valence-electron chi connectivity index (χ2n) is 6.76. The lowest BCUT2D eigenvalue weighted by Gasteiger charge is -2.32. The number of nitrogens with zero attached hydrogens (tertiary/aromatic N) is 2. The molecule has 7 heteroatoms. The number of halogens is 1. The maximum absolute atomic E-state index is 12.5. The summed E-state index contributed by atoms with van der Waals surface area (Å²) in [6, 6.07) is 7.48. The van der Waals surface area contributed by atoms with E-state index in [-0.39, 0.29) is 18.7 Å². The molecule has 140 valence electrons. The number of piperidine rings is 1. The summed E-state index contributed by atoms with van der Waals surface area (Å²) in [5.41, 5.74) is 1.96. The number of aromatic nitrogens is 1. The number of hydrogen-bond donors (Lipinski definition) is 2. The molecule has 1 aliphatic rings. The van der Waals surface area contributed by atoms with Gasteiger partial charge in [0.2, 0.25) is 0 Å². The number of likely N-dealkylation sites (tertiary alicyclic amines) is 1. The van der Waals surface area contributed by atoms with E-state index >= 15 is 0 Å². The van der Waals surface area contributed by atoms with Crippen LogP contribution in [0.1, 0.15) is 36.4 Å². The number of hydrogen-bond acceptors (Lipinski definition) is 4. The van der Waals surface area contributed by atoms with Crippen LogP contribution in [0.5, 0.6) is 0 Å². The molecule has 1 aromatic heterocycles.